The number of aromatic hydroxyl groups is 1. The first-order valence-corrected chi connectivity index (χ1v) is 7.74. The quantitative estimate of drug-likeness (QED) is 0.883. The highest BCUT2D eigenvalue weighted by atomic mass is 32.2. The van der Waals surface area contributed by atoms with Gasteiger partial charge in [0.15, 0.2) is 9.84 Å². The third-order valence-electron chi connectivity index (χ3n) is 2.23. The molecule has 0 fully saturated rings. The van der Waals surface area contributed by atoms with Gasteiger partial charge in [-0.2, -0.15) is 0 Å². The number of phenols is 1. The van der Waals surface area contributed by atoms with Crippen molar-refractivity contribution in [2.75, 3.05) is 12.3 Å². The maximum absolute atomic E-state index is 11.9. The Morgan fingerprint density at radius 2 is 1.80 bits per heavy atom. The first-order chi connectivity index (χ1) is 9.10. The number of carbonyl (C=O) groups is 1. The van der Waals surface area contributed by atoms with Gasteiger partial charge in [0, 0.05) is 6.54 Å². The number of hydrogen-bond donors (Lipinski definition) is 2. The fourth-order valence-corrected chi connectivity index (χ4v) is 2.53. The van der Waals surface area contributed by atoms with Crippen LogP contribution in [-0.2, 0) is 14.6 Å². The zero-order valence-electron chi connectivity index (χ0n) is 11.7. The Morgan fingerprint density at radius 1 is 1.25 bits per heavy atom. The lowest BCUT2D eigenvalue weighted by atomic mass is 10.2. The highest BCUT2D eigenvalue weighted by Crippen LogP contribution is 2.15. The number of rotatable bonds is 4. The molecule has 0 aliphatic rings. The van der Waals surface area contributed by atoms with E-state index in [1.807, 2.05) is 0 Å². The standard InChI is InChI=1S/C13H19NO5S/c1-13(2,3)19-12(16)14-8-9-20(17,18)11-6-4-10(15)5-7-11/h4-7,15H,8-9H2,1-3H3,(H,14,16). The van der Waals surface area contributed by atoms with Crippen molar-refractivity contribution < 1.29 is 23.1 Å². The van der Waals surface area contributed by atoms with Gasteiger partial charge in [-0.3, -0.25) is 0 Å². The van der Waals surface area contributed by atoms with E-state index in [9.17, 15) is 13.2 Å². The molecule has 0 saturated heterocycles. The minimum atomic E-state index is -3.50. The van der Waals surface area contributed by atoms with E-state index in [4.69, 9.17) is 9.84 Å². The van der Waals surface area contributed by atoms with Crippen molar-refractivity contribution in [3.63, 3.8) is 0 Å². The van der Waals surface area contributed by atoms with E-state index >= 15 is 0 Å². The third-order valence-corrected chi connectivity index (χ3v) is 3.97. The van der Waals surface area contributed by atoms with Gasteiger partial charge in [0.1, 0.15) is 11.4 Å². The first-order valence-electron chi connectivity index (χ1n) is 6.09. The molecule has 0 unspecified atom stereocenters. The van der Waals surface area contributed by atoms with Crippen LogP contribution in [0.25, 0.3) is 0 Å². The second-order valence-corrected chi connectivity index (χ2v) is 7.35. The Hall–Kier alpha value is -1.76. The van der Waals surface area contributed by atoms with Crippen molar-refractivity contribution in [3.8, 4) is 5.75 Å². The largest absolute Gasteiger partial charge is 0.508 e. The Kier molecular flexibility index (Phi) is 4.99. The van der Waals surface area contributed by atoms with Crippen LogP contribution in [0, 0.1) is 0 Å². The average molecular weight is 301 g/mol. The molecule has 112 valence electrons. The molecule has 0 radical (unpaired) electrons. The van der Waals surface area contributed by atoms with Crippen LogP contribution in [0.5, 0.6) is 5.75 Å². The van der Waals surface area contributed by atoms with Crippen molar-refractivity contribution in [1.82, 2.24) is 5.32 Å². The van der Waals surface area contributed by atoms with Crippen LogP contribution < -0.4 is 5.32 Å². The highest BCUT2D eigenvalue weighted by molar-refractivity contribution is 7.91. The number of carbonyl (C=O) groups excluding carboxylic acids is 1. The molecule has 0 aromatic heterocycles. The van der Waals surface area contributed by atoms with Crippen LogP contribution in [-0.4, -0.2) is 37.5 Å². The van der Waals surface area contributed by atoms with E-state index in [2.05, 4.69) is 5.32 Å². The summed E-state index contributed by atoms with van der Waals surface area (Å²) < 4.78 is 28.9. The predicted octanol–water partition coefficient (Wildman–Crippen LogP) is 1.69. The van der Waals surface area contributed by atoms with E-state index in [-0.39, 0.29) is 22.9 Å². The number of sulfone groups is 1. The van der Waals surface area contributed by atoms with Crippen LogP contribution >= 0.6 is 0 Å². The SMILES string of the molecule is CC(C)(C)OC(=O)NCCS(=O)(=O)c1ccc(O)cc1. The molecule has 0 atom stereocenters. The van der Waals surface area contributed by atoms with Crippen LogP contribution in [0.4, 0.5) is 4.79 Å². The second-order valence-electron chi connectivity index (χ2n) is 5.24. The molecule has 6 nitrogen and oxygen atoms in total. The summed E-state index contributed by atoms with van der Waals surface area (Å²) >= 11 is 0. The minimum Gasteiger partial charge on any atom is -0.508 e. The summed E-state index contributed by atoms with van der Waals surface area (Å²) in [5.74, 6) is -0.243. The summed E-state index contributed by atoms with van der Waals surface area (Å²) in [5.41, 5.74) is -0.625. The van der Waals surface area contributed by atoms with Crippen LogP contribution in [0.15, 0.2) is 29.2 Å². The van der Waals surface area contributed by atoms with Gasteiger partial charge in [0.2, 0.25) is 0 Å². The Bertz CT molecular complexity index is 557. The number of hydrogen-bond acceptors (Lipinski definition) is 5. The smallest absolute Gasteiger partial charge is 0.407 e. The lowest BCUT2D eigenvalue weighted by Gasteiger charge is -2.19. The lowest BCUT2D eigenvalue weighted by Crippen LogP contribution is -2.35. The normalized spacial score (nSPS) is 11.9. The molecule has 1 rings (SSSR count). The number of alkyl carbamates (subject to hydrolysis) is 1. The second kappa shape index (κ2) is 6.13. The third kappa shape index (κ3) is 5.48. The fraction of sp³-hybridized carbons (Fsp3) is 0.462. The van der Waals surface area contributed by atoms with E-state index in [0.29, 0.717) is 0 Å². The van der Waals surface area contributed by atoms with Crippen LogP contribution in [0.3, 0.4) is 0 Å². The lowest BCUT2D eigenvalue weighted by molar-refractivity contribution is 0.0531. The molecule has 2 N–H and O–H groups in total. The summed E-state index contributed by atoms with van der Waals surface area (Å²) in [7, 11) is -3.50. The minimum absolute atomic E-state index is 0.00386. The van der Waals surface area contributed by atoms with Gasteiger partial charge in [0.25, 0.3) is 0 Å². The average Bonchev–Trinajstić information content (AvgIpc) is 2.26. The summed E-state index contributed by atoms with van der Waals surface area (Å²) in [5, 5.41) is 11.5. The summed E-state index contributed by atoms with van der Waals surface area (Å²) in [6.07, 6.45) is -0.654. The number of ether oxygens (including phenoxy) is 1. The molecule has 1 aromatic carbocycles. The van der Waals surface area contributed by atoms with E-state index in [0.717, 1.165) is 0 Å². The molecule has 20 heavy (non-hydrogen) atoms. The fourth-order valence-electron chi connectivity index (χ4n) is 1.37. The molecule has 7 heteroatoms. The van der Waals surface area contributed by atoms with Gasteiger partial charge >= 0.3 is 6.09 Å². The van der Waals surface area contributed by atoms with Gasteiger partial charge in [-0.1, -0.05) is 0 Å². The van der Waals surface area contributed by atoms with Gasteiger partial charge in [-0.25, -0.2) is 13.2 Å². The molecule has 0 spiro atoms. The predicted molar refractivity (Wildman–Crippen MR) is 74.4 cm³/mol. The molecule has 0 aliphatic heterocycles. The molecule has 1 amide bonds. The van der Waals surface area contributed by atoms with Gasteiger partial charge < -0.3 is 15.2 Å². The van der Waals surface area contributed by atoms with Crippen molar-refractivity contribution in [2.45, 2.75) is 31.3 Å². The van der Waals surface area contributed by atoms with Crippen molar-refractivity contribution in [1.29, 1.82) is 0 Å². The topological polar surface area (TPSA) is 92.7 Å². The van der Waals surface area contributed by atoms with Crippen molar-refractivity contribution in [3.05, 3.63) is 24.3 Å². The number of benzene rings is 1. The Morgan fingerprint density at radius 3 is 2.30 bits per heavy atom. The number of amides is 1. The molecular formula is C13H19NO5S. The van der Waals surface area contributed by atoms with E-state index in [1.54, 1.807) is 20.8 Å². The molecule has 0 saturated carbocycles. The van der Waals surface area contributed by atoms with Gasteiger partial charge in [-0.05, 0) is 45.0 Å². The Balaban J connectivity index is 2.53. The zero-order chi connectivity index (χ0) is 15.4. The van der Waals surface area contributed by atoms with Gasteiger partial charge in [0.05, 0.1) is 10.6 Å². The van der Waals surface area contributed by atoms with Crippen LogP contribution in [0.2, 0.25) is 0 Å². The van der Waals surface area contributed by atoms with Crippen LogP contribution in [0.1, 0.15) is 20.8 Å². The zero-order valence-corrected chi connectivity index (χ0v) is 12.5. The van der Waals surface area contributed by atoms with Crippen molar-refractivity contribution >= 4 is 15.9 Å². The first kappa shape index (κ1) is 16.3. The molecule has 0 aliphatic carbocycles. The van der Waals surface area contributed by atoms with Crippen molar-refractivity contribution in [2.24, 2.45) is 0 Å². The molecule has 0 heterocycles. The Labute approximate surface area is 118 Å². The summed E-state index contributed by atoms with van der Waals surface area (Å²) in [6.45, 7) is 5.12. The summed E-state index contributed by atoms with van der Waals surface area (Å²) in [6, 6.07) is 5.23. The maximum Gasteiger partial charge on any atom is 0.407 e. The number of phenolic OH excluding ortho intramolecular Hbond substituents is 1. The molecular weight excluding hydrogens is 282 g/mol. The van der Waals surface area contributed by atoms with E-state index in [1.165, 1.54) is 24.3 Å². The van der Waals surface area contributed by atoms with E-state index < -0.39 is 21.5 Å². The summed E-state index contributed by atoms with van der Waals surface area (Å²) in [4.78, 5) is 11.5. The number of nitrogens with one attached hydrogen (secondary N) is 1. The molecule has 0 bridgehead atoms. The maximum atomic E-state index is 11.9. The molecule has 1 aromatic rings. The monoisotopic (exact) mass is 301 g/mol. The van der Waals surface area contributed by atoms with Gasteiger partial charge in [-0.15, -0.1) is 0 Å². The highest BCUT2D eigenvalue weighted by Gasteiger charge is 2.18.